The van der Waals surface area contributed by atoms with Gasteiger partial charge < -0.3 is 19.3 Å². The maximum Gasteiger partial charge on any atom is 0.411 e. The summed E-state index contributed by atoms with van der Waals surface area (Å²) in [7, 11) is 1.64. The lowest BCUT2D eigenvalue weighted by molar-refractivity contribution is -0.0983. The van der Waals surface area contributed by atoms with Crippen LogP contribution in [0, 0.1) is 17.3 Å². The lowest BCUT2D eigenvalue weighted by Crippen LogP contribution is -2.50. The number of nitrogens with zero attached hydrogens (tertiary/aromatic N) is 1. The number of hydrogen-bond acceptors (Lipinski definition) is 5. The number of aliphatic hydroxyl groups excluding tert-OH is 1. The number of ether oxygens (including phenoxy) is 3. The molecule has 204 valence electrons. The monoisotopic (exact) mass is 519 g/mol. The van der Waals surface area contributed by atoms with Crippen molar-refractivity contribution < 1.29 is 24.1 Å². The van der Waals surface area contributed by atoms with Gasteiger partial charge in [0.05, 0.1) is 0 Å². The summed E-state index contributed by atoms with van der Waals surface area (Å²) in [5.41, 5.74) is 2.66. The molecule has 1 amide bonds. The molecule has 1 aliphatic heterocycles. The third kappa shape index (κ3) is 3.86. The summed E-state index contributed by atoms with van der Waals surface area (Å²) in [5, 5.41) is 12.2. The van der Waals surface area contributed by atoms with Gasteiger partial charge in [-0.1, -0.05) is 56.7 Å². The van der Waals surface area contributed by atoms with Gasteiger partial charge in [0.15, 0.2) is 12.4 Å². The molecule has 1 spiro atoms. The SMILES string of the molecule is CCCCN1C(=O)O[C@]2(C[C@H]3[C@@H]4CCc5cc(OCOC)ccc5[C@H]4CC[C@]3(C)[C@H]2O)[C@H]1c1ccccc1. The van der Waals surface area contributed by atoms with Crippen molar-refractivity contribution in [2.75, 3.05) is 20.4 Å². The number of rotatable bonds is 7. The number of unbranched alkanes of at least 4 members (excludes halogenated alkanes) is 1. The van der Waals surface area contributed by atoms with Crippen LogP contribution in [-0.4, -0.2) is 48.3 Å². The molecule has 38 heavy (non-hydrogen) atoms. The third-order valence-corrected chi connectivity index (χ3v) is 10.3. The van der Waals surface area contributed by atoms with E-state index in [1.165, 1.54) is 11.1 Å². The van der Waals surface area contributed by atoms with E-state index in [0.717, 1.165) is 49.8 Å². The number of hydrogen-bond donors (Lipinski definition) is 1. The van der Waals surface area contributed by atoms with Crippen molar-refractivity contribution in [1.82, 2.24) is 4.90 Å². The van der Waals surface area contributed by atoms with Crippen LogP contribution >= 0.6 is 0 Å². The number of aryl methyl sites for hydroxylation is 1. The normalized spacial score (nSPS) is 35.5. The van der Waals surface area contributed by atoms with Gasteiger partial charge in [-0.3, -0.25) is 4.90 Å². The summed E-state index contributed by atoms with van der Waals surface area (Å²) in [6.45, 7) is 5.30. The molecule has 2 saturated carbocycles. The second-order valence-electron chi connectivity index (χ2n) is 12.2. The lowest BCUT2D eigenvalue weighted by atomic mass is 9.55. The largest absolute Gasteiger partial charge is 0.468 e. The zero-order valence-corrected chi connectivity index (χ0v) is 22.9. The molecule has 0 unspecified atom stereocenters. The number of methoxy groups -OCH3 is 1. The highest BCUT2D eigenvalue weighted by Crippen LogP contribution is 2.67. The Hall–Kier alpha value is -2.57. The highest BCUT2D eigenvalue weighted by atomic mass is 16.7. The van der Waals surface area contributed by atoms with E-state index in [0.29, 0.717) is 30.7 Å². The summed E-state index contributed by atoms with van der Waals surface area (Å²) < 4.78 is 17.2. The van der Waals surface area contributed by atoms with Gasteiger partial charge in [-0.25, -0.2) is 4.79 Å². The predicted octanol–water partition coefficient (Wildman–Crippen LogP) is 6.23. The van der Waals surface area contributed by atoms with E-state index >= 15 is 0 Å². The van der Waals surface area contributed by atoms with Gasteiger partial charge in [0, 0.05) is 19.1 Å². The van der Waals surface area contributed by atoms with Crippen LogP contribution in [0.2, 0.25) is 0 Å². The molecular formula is C32H41NO5. The second kappa shape index (κ2) is 9.87. The van der Waals surface area contributed by atoms with E-state index in [9.17, 15) is 9.90 Å². The predicted molar refractivity (Wildman–Crippen MR) is 145 cm³/mol. The van der Waals surface area contributed by atoms with E-state index in [2.05, 4.69) is 44.2 Å². The highest BCUT2D eigenvalue weighted by molar-refractivity contribution is 5.73. The van der Waals surface area contributed by atoms with Crippen LogP contribution < -0.4 is 4.74 Å². The molecule has 2 aromatic rings. The van der Waals surface area contributed by atoms with Crippen molar-refractivity contribution in [3.8, 4) is 5.75 Å². The van der Waals surface area contributed by atoms with Crippen molar-refractivity contribution in [2.24, 2.45) is 17.3 Å². The van der Waals surface area contributed by atoms with Crippen LogP contribution in [0.25, 0.3) is 0 Å². The first kappa shape index (κ1) is 25.7. The Morgan fingerprint density at radius 3 is 2.74 bits per heavy atom. The van der Waals surface area contributed by atoms with Gasteiger partial charge in [-0.15, -0.1) is 0 Å². The number of carbonyl (C=O) groups excluding carboxylic acids is 1. The van der Waals surface area contributed by atoms with Crippen molar-refractivity contribution >= 4 is 6.09 Å². The first-order valence-electron chi connectivity index (χ1n) is 14.4. The van der Waals surface area contributed by atoms with Gasteiger partial charge in [-0.05, 0) is 85.1 Å². The first-order valence-corrected chi connectivity index (χ1v) is 14.4. The number of aliphatic hydroxyl groups is 1. The molecule has 4 aliphatic rings. The van der Waals surface area contributed by atoms with Crippen LogP contribution in [0.4, 0.5) is 4.79 Å². The molecule has 0 aromatic heterocycles. The molecule has 0 bridgehead atoms. The van der Waals surface area contributed by atoms with E-state index < -0.39 is 11.7 Å². The Bertz CT molecular complexity index is 1170. The topological polar surface area (TPSA) is 68.2 Å². The van der Waals surface area contributed by atoms with E-state index in [1.54, 1.807) is 7.11 Å². The Morgan fingerprint density at radius 1 is 1.16 bits per heavy atom. The van der Waals surface area contributed by atoms with Crippen LogP contribution in [0.15, 0.2) is 48.5 Å². The summed E-state index contributed by atoms with van der Waals surface area (Å²) in [6.07, 6.45) is 5.71. The number of carbonyl (C=O) groups is 1. The Morgan fingerprint density at radius 2 is 1.97 bits per heavy atom. The van der Waals surface area contributed by atoms with E-state index in [4.69, 9.17) is 14.2 Å². The molecule has 0 radical (unpaired) electrons. The van der Waals surface area contributed by atoms with E-state index in [1.807, 2.05) is 23.1 Å². The molecule has 6 rings (SSSR count). The Kier molecular flexibility index (Phi) is 6.68. The summed E-state index contributed by atoms with van der Waals surface area (Å²) in [4.78, 5) is 15.3. The van der Waals surface area contributed by atoms with Crippen molar-refractivity contribution in [3.63, 3.8) is 0 Å². The minimum Gasteiger partial charge on any atom is -0.468 e. The van der Waals surface area contributed by atoms with Crippen molar-refractivity contribution in [1.29, 1.82) is 0 Å². The average molecular weight is 520 g/mol. The fourth-order valence-corrected chi connectivity index (χ4v) is 8.51. The zero-order chi connectivity index (χ0) is 26.5. The molecule has 3 aliphatic carbocycles. The molecule has 7 atom stereocenters. The maximum absolute atomic E-state index is 13.4. The fourth-order valence-electron chi connectivity index (χ4n) is 8.51. The first-order chi connectivity index (χ1) is 18.4. The fraction of sp³-hybridized carbons (Fsp3) is 0.594. The standard InChI is InChI=1S/C32H41NO5/c1-4-5-17-33-28(21-9-7-6-8-10-21)32(38-30(33)35)19-27-26-13-11-22-18-23(37-20-36-3)12-14-24(22)25(26)15-16-31(27,2)29(32)34/h6-10,12,14,18,25-29,34H,4-5,11,13,15-17,19-20H2,1-3H3/t25-,26-,27+,28-,29-,31+,32-/m1/s1. The Labute approximate surface area is 226 Å². The summed E-state index contributed by atoms with van der Waals surface area (Å²) >= 11 is 0. The summed E-state index contributed by atoms with van der Waals surface area (Å²) in [6, 6.07) is 16.5. The van der Waals surface area contributed by atoms with Crippen molar-refractivity contribution in [2.45, 2.75) is 82.5 Å². The molecule has 6 heteroatoms. The van der Waals surface area contributed by atoms with Gasteiger partial charge >= 0.3 is 6.09 Å². The maximum atomic E-state index is 13.4. The molecule has 6 nitrogen and oxygen atoms in total. The molecule has 3 fully saturated rings. The van der Waals surface area contributed by atoms with Crippen molar-refractivity contribution in [3.05, 3.63) is 65.2 Å². The van der Waals surface area contributed by atoms with Gasteiger partial charge in [0.1, 0.15) is 17.9 Å². The van der Waals surface area contributed by atoms with Crippen LogP contribution in [0.5, 0.6) is 5.75 Å². The molecule has 2 aromatic carbocycles. The van der Waals surface area contributed by atoms with E-state index in [-0.39, 0.29) is 24.3 Å². The average Bonchev–Trinajstić information content (AvgIpc) is 3.35. The molecule has 1 heterocycles. The summed E-state index contributed by atoms with van der Waals surface area (Å²) in [5.74, 6) is 2.06. The minimum atomic E-state index is -0.918. The third-order valence-electron chi connectivity index (χ3n) is 10.3. The highest BCUT2D eigenvalue weighted by Gasteiger charge is 2.71. The minimum absolute atomic E-state index is 0.252. The molecule has 1 saturated heterocycles. The number of fused-ring (bicyclic) bond motifs is 5. The van der Waals surface area contributed by atoms with Crippen LogP contribution in [-0.2, 0) is 15.9 Å². The second-order valence-corrected chi connectivity index (χ2v) is 12.2. The van der Waals surface area contributed by atoms with Crippen LogP contribution in [0.3, 0.4) is 0 Å². The molecule has 1 N–H and O–H groups in total. The van der Waals surface area contributed by atoms with Gasteiger partial charge in [0.25, 0.3) is 0 Å². The quantitative estimate of drug-likeness (QED) is 0.439. The lowest BCUT2D eigenvalue weighted by Gasteiger charge is -2.49. The zero-order valence-electron chi connectivity index (χ0n) is 22.9. The van der Waals surface area contributed by atoms with Crippen LogP contribution in [0.1, 0.15) is 81.0 Å². The number of benzene rings is 2. The van der Waals surface area contributed by atoms with Gasteiger partial charge in [-0.2, -0.15) is 0 Å². The number of amides is 1. The smallest absolute Gasteiger partial charge is 0.411 e. The van der Waals surface area contributed by atoms with Gasteiger partial charge in [0.2, 0.25) is 0 Å². The molecular weight excluding hydrogens is 478 g/mol. The Balaban J connectivity index is 1.35.